The van der Waals surface area contributed by atoms with E-state index in [-0.39, 0.29) is 11.8 Å². The van der Waals surface area contributed by atoms with Crippen LogP contribution in [0.3, 0.4) is 0 Å². The van der Waals surface area contributed by atoms with Crippen LogP contribution in [0.1, 0.15) is 17.7 Å². The van der Waals surface area contributed by atoms with E-state index in [2.05, 4.69) is 4.98 Å². The summed E-state index contributed by atoms with van der Waals surface area (Å²) in [6.45, 7) is 0. The van der Waals surface area contributed by atoms with Gasteiger partial charge in [-0.15, -0.1) is 0 Å². The summed E-state index contributed by atoms with van der Waals surface area (Å²) < 4.78 is 0. The van der Waals surface area contributed by atoms with E-state index in [1.807, 2.05) is 18.2 Å². The average molecular weight is 249 g/mol. The Labute approximate surface area is 104 Å². The highest BCUT2D eigenvalue weighted by Crippen LogP contribution is 2.32. The number of primary amides is 1. The lowest BCUT2D eigenvalue weighted by molar-refractivity contribution is -0.122. The Bertz CT molecular complexity index is 603. The number of benzene rings is 1. The largest absolute Gasteiger partial charge is 0.369 e. The van der Waals surface area contributed by atoms with Gasteiger partial charge in [-0.2, -0.15) is 0 Å². The molecule has 0 fully saturated rings. The zero-order chi connectivity index (χ0) is 12.0. The third-order valence-electron chi connectivity index (χ3n) is 3.55. The van der Waals surface area contributed by atoms with Crippen LogP contribution in [0.2, 0.25) is 5.02 Å². The molecule has 2 aromatic rings. The minimum absolute atomic E-state index is 0.0412. The molecular weight excluding hydrogens is 236 g/mol. The number of rotatable bonds is 1. The van der Waals surface area contributed by atoms with E-state index in [1.54, 1.807) is 0 Å². The SMILES string of the molecule is NC(=O)C1CCc2[nH]c3ccc(Cl)cc3c2C1. The zero-order valence-electron chi connectivity index (χ0n) is 9.29. The Hall–Kier alpha value is -1.48. The van der Waals surface area contributed by atoms with Crippen molar-refractivity contribution in [3.05, 3.63) is 34.5 Å². The van der Waals surface area contributed by atoms with Crippen LogP contribution in [-0.4, -0.2) is 10.9 Å². The van der Waals surface area contributed by atoms with Crippen molar-refractivity contribution < 1.29 is 4.79 Å². The lowest BCUT2D eigenvalue weighted by Gasteiger charge is -2.19. The van der Waals surface area contributed by atoms with Crippen molar-refractivity contribution in [2.45, 2.75) is 19.3 Å². The van der Waals surface area contributed by atoms with Gasteiger partial charge in [-0.05, 0) is 43.0 Å². The first-order chi connectivity index (χ1) is 8.15. The molecule has 0 saturated heterocycles. The molecule has 0 saturated carbocycles. The van der Waals surface area contributed by atoms with Crippen LogP contribution in [-0.2, 0) is 17.6 Å². The molecule has 0 aliphatic heterocycles. The molecule has 0 radical (unpaired) electrons. The second kappa shape index (κ2) is 3.77. The van der Waals surface area contributed by atoms with E-state index >= 15 is 0 Å². The van der Waals surface area contributed by atoms with E-state index in [0.717, 1.165) is 35.2 Å². The summed E-state index contributed by atoms with van der Waals surface area (Å²) in [5.41, 5.74) is 8.91. The Morgan fingerprint density at radius 2 is 2.29 bits per heavy atom. The second-order valence-electron chi connectivity index (χ2n) is 4.61. The molecular formula is C13H13ClN2O. The summed E-state index contributed by atoms with van der Waals surface area (Å²) >= 11 is 6.01. The minimum atomic E-state index is -0.202. The first kappa shape index (κ1) is 10.7. The van der Waals surface area contributed by atoms with Gasteiger partial charge in [0.05, 0.1) is 0 Å². The van der Waals surface area contributed by atoms with E-state index in [9.17, 15) is 4.79 Å². The number of carbonyl (C=O) groups excluding carboxylic acids is 1. The fourth-order valence-corrected chi connectivity index (χ4v) is 2.80. The molecule has 1 aromatic carbocycles. The van der Waals surface area contributed by atoms with E-state index in [4.69, 9.17) is 17.3 Å². The molecule has 1 aliphatic rings. The number of fused-ring (bicyclic) bond motifs is 3. The van der Waals surface area contributed by atoms with Gasteiger partial charge in [0.1, 0.15) is 0 Å². The average Bonchev–Trinajstić information content (AvgIpc) is 2.66. The van der Waals surface area contributed by atoms with Crippen LogP contribution in [0.15, 0.2) is 18.2 Å². The predicted octanol–water partition coefficient (Wildman–Crippen LogP) is 2.41. The van der Waals surface area contributed by atoms with Gasteiger partial charge in [-0.25, -0.2) is 0 Å². The topological polar surface area (TPSA) is 58.9 Å². The summed E-state index contributed by atoms with van der Waals surface area (Å²) in [6, 6.07) is 5.81. The number of aromatic amines is 1. The molecule has 3 rings (SSSR count). The number of aromatic nitrogens is 1. The van der Waals surface area contributed by atoms with Crippen molar-refractivity contribution in [2.24, 2.45) is 11.7 Å². The predicted molar refractivity (Wildman–Crippen MR) is 68.0 cm³/mol. The number of amides is 1. The van der Waals surface area contributed by atoms with E-state index in [0.29, 0.717) is 0 Å². The smallest absolute Gasteiger partial charge is 0.220 e. The Morgan fingerprint density at radius 1 is 1.47 bits per heavy atom. The molecule has 3 N–H and O–H groups in total. The molecule has 17 heavy (non-hydrogen) atoms. The number of halogens is 1. The summed E-state index contributed by atoms with van der Waals surface area (Å²) in [6.07, 6.45) is 2.45. The van der Waals surface area contributed by atoms with Gasteiger partial charge in [0.15, 0.2) is 0 Å². The Morgan fingerprint density at radius 3 is 3.06 bits per heavy atom. The summed E-state index contributed by atoms with van der Waals surface area (Å²) in [7, 11) is 0. The molecule has 1 heterocycles. The van der Waals surface area contributed by atoms with Crippen LogP contribution in [0.5, 0.6) is 0 Å². The van der Waals surface area contributed by atoms with Crippen molar-refractivity contribution in [2.75, 3.05) is 0 Å². The molecule has 1 aromatic heterocycles. The first-order valence-electron chi connectivity index (χ1n) is 5.73. The highest BCUT2D eigenvalue weighted by atomic mass is 35.5. The molecule has 3 nitrogen and oxygen atoms in total. The third kappa shape index (κ3) is 1.71. The van der Waals surface area contributed by atoms with Gasteiger partial charge < -0.3 is 10.7 Å². The number of nitrogens with two attached hydrogens (primary N) is 1. The van der Waals surface area contributed by atoms with Crippen molar-refractivity contribution in [1.82, 2.24) is 4.98 Å². The van der Waals surface area contributed by atoms with Crippen LogP contribution >= 0.6 is 11.6 Å². The van der Waals surface area contributed by atoms with Crippen molar-refractivity contribution in [3.63, 3.8) is 0 Å². The molecule has 1 aliphatic carbocycles. The first-order valence-corrected chi connectivity index (χ1v) is 6.11. The monoisotopic (exact) mass is 248 g/mol. The van der Waals surface area contributed by atoms with Crippen LogP contribution < -0.4 is 5.73 Å². The van der Waals surface area contributed by atoms with Crippen LogP contribution in [0, 0.1) is 5.92 Å². The normalized spacial score (nSPS) is 19.2. The molecule has 1 unspecified atom stereocenters. The zero-order valence-corrected chi connectivity index (χ0v) is 10.1. The summed E-state index contributed by atoms with van der Waals surface area (Å²) in [5.74, 6) is -0.243. The van der Waals surface area contributed by atoms with Gasteiger partial charge in [-0.3, -0.25) is 4.79 Å². The fourth-order valence-electron chi connectivity index (χ4n) is 2.63. The van der Waals surface area contributed by atoms with Gasteiger partial charge in [0.2, 0.25) is 5.91 Å². The highest BCUT2D eigenvalue weighted by molar-refractivity contribution is 6.31. The van der Waals surface area contributed by atoms with Crippen molar-refractivity contribution in [1.29, 1.82) is 0 Å². The third-order valence-corrected chi connectivity index (χ3v) is 3.79. The van der Waals surface area contributed by atoms with Gasteiger partial charge >= 0.3 is 0 Å². The van der Waals surface area contributed by atoms with Gasteiger partial charge in [0.25, 0.3) is 0 Å². The molecule has 4 heteroatoms. The molecule has 88 valence electrons. The second-order valence-corrected chi connectivity index (χ2v) is 5.05. The standard InChI is InChI=1S/C13H13ClN2O/c14-8-2-4-12-10(6-8)9-5-7(13(15)17)1-3-11(9)16-12/h2,4,6-7,16H,1,3,5H2,(H2,15,17). The number of carbonyl (C=O) groups is 1. The maximum atomic E-state index is 11.3. The molecule has 0 spiro atoms. The summed E-state index contributed by atoms with van der Waals surface area (Å²) in [5, 5.41) is 1.85. The number of hydrogen-bond acceptors (Lipinski definition) is 1. The van der Waals surface area contributed by atoms with E-state index in [1.165, 1.54) is 11.3 Å². The van der Waals surface area contributed by atoms with E-state index < -0.39 is 0 Å². The maximum Gasteiger partial charge on any atom is 0.220 e. The molecule has 0 bridgehead atoms. The minimum Gasteiger partial charge on any atom is -0.369 e. The summed E-state index contributed by atoms with van der Waals surface area (Å²) in [4.78, 5) is 14.7. The Kier molecular flexibility index (Phi) is 2.37. The van der Waals surface area contributed by atoms with Crippen molar-refractivity contribution in [3.8, 4) is 0 Å². The molecule has 1 atom stereocenters. The number of H-pyrrole nitrogens is 1. The number of aryl methyl sites for hydroxylation is 1. The Balaban J connectivity index is 2.13. The number of nitrogens with one attached hydrogen (secondary N) is 1. The molecule has 1 amide bonds. The van der Waals surface area contributed by atoms with Gasteiger partial charge in [0, 0.05) is 27.5 Å². The quantitative estimate of drug-likeness (QED) is 0.800. The number of hydrogen-bond donors (Lipinski definition) is 2. The van der Waals surface area contributed by atoms with Crippen LogP contribution in [0.25, 0.3) is 10.9 Å². The van der Waals surface area contributed by atoms with Gasteiger partial charge in [-0.1, -0.05) is 11.6 Å². The lowest BCUT2D eigenvalue weighted by atomic mass is 9.86. The lowest BCUT2D eigenvalue weighted by Crippen LogP contribution is -2.28. The van der Waals surface area contributed by atoms with Crippen molar-refractivity contribution >= 4 is 28.4 Å². The maximum absolute atomic E-state index is 11.3. The van der Waals surface area contributed by atoms with Crippen LogP contribution in [0.4, 0.5) is 0 Å². The highest BCUT2D eigenvalue weighted by Gasteiger charge is 2.25. The fraction of sp³-hybridized carbons (Fsp3) is 0.308.